The molecule has 0 atom stereocenters. The largest absolute Gasteiger partial charge is 0.300 e. The van der Waals surface area contributed by atoms with Gasteiger partial charge >= 0.3 is 5.24 Å². The van der Waals surface area contributed by atoms with Crippen LogP contribution in [-0.4, -0.2) is 22.0 Å². The lowest BCUT2D eigenvalue weighted by atomic mass is 10.2. The number of benzene rings is 2. The molecular formula is C17H9FINO3S. The van der Waals surface area contributed by atoms with Gasteiger partial charge in [0.25, 0.3) is 11.8 Å². The van der Waals surface area contributed by atoms with Crippen LogP contribution < -0.4 is 0 Å². The lowest BCUT2D eigenvalue weighted by Crippen LogP contribution is -2.34. The van der Waals surface area contributed by atoms with Gasteiger partial charge in [-0.1, -0.05) is 12.1 Å². The van der Waals surface area contributed by atoms with Gasteiger partial charge in [-0.3, -0.25) is 14.4 Å². The Kier molecular flexibility index (Phi) is 4.81. The van der Waals surface area contributed by atoms with Crippen molar-refractivity contribution in [2.75, 3.05) is 0 Å². The zero-order chi connectivity index (χ0) is 17.3. The van der Waals surface area contributed by atoms with Gasteiger partial charge in [-0.2, -0.15) is 0 Å². The lowest BCUT2D eigenvalue weighted by Gasteiger charge is -2.10. The minimum atomic E-state index is -0.761. The highest BCUT2D eigenvalue weighted by atomic mass is 127. The molecule has 0 N–H and O–H groups in total. The molecule has 0 radical (unpaired) electrons. The molecule has 0 aliphatic carbocycles. The van der Waals surface area contributed by atoms with Crippen LogP contribution in [0.15, 0.2) is 53.4 Å². The summed E-state index contributed by atoms with van der Waals surface area (Å²) in [5.74, 6) is -1.93. The van der Waals surface area contributed by atoms with E-state index in [2.05, 4.69) is 22.6 Å². The second kappa shape index (κ2) is 6.86. The Morgan fingerprint density at radius 2 is 1.67 bits per heavy atom. The SMILES string of the molecule is O=C1S/C(=C\c2ccc(I)cc2)C(=O)N1C(=O)c1ccc(F)cc1. The van der Waals surface area contributed by atoms with Gasteiger partial charge in [0.15, 0.2) is 0 Å². The van der Waals surface area contributed by atoms with E-state index in [1.54, 1.807) is 6.08 Å². The molecule has 3 amide bonds. The maximum Gasteiger partial charge on any atom is 0.300 e. The van der Waals surface area contributed by atoms with Gasteiger partial charge in [0.2, 0.25) is 0 Å². The summed E-state index contributed by atoms with van der Waals surface area (Å²) < 4.78 is 14.0. The maximum absolute atomic E-state index is 12.9. The van der Waals surface area contributed by atoms with Gasteiger partial charge in [0, 0.05) is 9.13 Å². The van der Waals surface area contributed by atoms with Crippen LogP contribution in [0.25, 0.3) is 6.08 Å². The Balaban J connectivity index is 1.87. The van der Waals surface area contributed by atoms with Crippen LogP contribution in [-0.2, 0) is 4.79 Å². The quantitative estimate of drug-likeness (QED) is 0.387. The van der Waals surface area contributed by atoms with Crippen molar-refractivity contribution in [2.24, 2.45) is 0 Å². The van der Waals surface area contributed by atoms with Crippen LogP contribution in [0.4, 0.5) is 9.18 Å². The molecule has 1 aliphatic heterocycles. The van der Waals surface area contributed by atoms with Crippen LogP contribution in [0.1, 0.15) is 15.9 Å². The number of rotatable bonds is 2. The van der Waals surface area contributed by atoms with Crippen molar-refractivity contribution in [3.8, 4) is 0 Å². The third-order valence-electron chi connectivity index (χ3n) is 3.26. The van der Waals surface area contributed by atoms with E-state index in [1.165, 1.54) is 12.1 Å². The minimum Gasteiger partial charge on any atom is -0.268 e. The molecule has 7 heteroatoms. The first-order chi connectivity index (χ1) is 11.5. The summed E-state index contributed by atoms with van der Waals surface area (Å²) in [6.45, 7) is 0. The molecule has 120 valence electrons. The van der Waals surface area contributed by atoms with Crippen LogP contribution in [0.3, 0.4) is 0 Å². The zero-order valence-corrected chi connectivity index (χ0v) is 15.0. The standard InChI is InChI=1S/C17H9FINO3S/c18-12-5-3-11(4-6-12)15(21)20-16(22)14(24-17(20)23)9-10-1-7-13(19)8-2-10/h1-9H/b14-9-. The highest BCUT2D eigenvalue weighted by Crippen LogP contribution is 2.33. The van der Waals surface area contributed by atoms with Crippen molar-refractivity contribution in [2.45, 2.75) is 0 Å². The fourth-order valence-corrected chi connectivity index (χ4v) is 3.25. The summed E-state index contributed by atoms with van der Waals surface area (Å²) in [7, 11) is 0. The number of halogens is 2. The van der Waals surface area contributed by atoms with Gasteiger partial charge in [0.05, 0.1) is 4.91 Å². The zero-order valence-electron chi connectivity index (χ0n) is 12.0. The molecule has 1 fully saturated rings. The van der Waals surface area contributed by atoms with Crippen molar-refractivity contribution in [3.05, 3.63) is 74.0 Å². The van der Waals surface area contributed by atoms with Gasteiger partial charge in [-0.15, -0.1) is 0 Å². The minimum absolute atomic E-state index is 0.0780. The number of carbonyl (C=O) groups excluding carboxylic acids is 3. The highest BCUT2D eigenvalue weighted by Gasteiger charge is 2.40. The molecule has 0 aromatic heterocycles. The Hall–Kier alpha value is -2.00. The second-order valence-electron chi connectivity index (χ2n) is 4.88. The Morgan fingerprint density at radius 1 is 1.04 bits per heavy atom. The van der Waals surface area contributed by atoms with Crippen molar-refractivity contribution < 1.29 is 18.8 Å². The number of hydrogen-bond acceptors (Lipinski definition) is 4. The number of imide groups is 3. The van der Waals surface area contributed by atoms with E-state index < -0.39 is 22.9 Å². The number of amides is 3. The molecular weight excluding hydrogens is 444 g/mol. The first kappa shape index (κ1) is 16.8. The molecule has 2 aromatic rings. The highest BCUT2D eigenvalue weighted by molar-refractivity contribution is 14.1. The van der Waals surface area contributed by atoms with Crippen molar-refractivity contribution >= 4 is 57.5 Å². The molecule has 24 heavy (non-hydrogen) atoms. The Labute approximate surface area is 154 Å². The van der Waals surface area contributed by atoms with E-state index >= 15 is 0 Å². The van der Waals surface area contributed by atoms with Crippen LogP contribution in [0.5, 0.6) is 0 Å². The lowest BCUT2D eigenvalue weighted by molar-refractivity contribution is -0.120. The second-order valence-corrected chi connectivity index (χ2v) is 7.12. The number of carbonyl (C=O) groups is 3. The first-order valence-corrected chi connectivity index (χ1v) is 8.68. The summed E-state index contributed by atoms with van der Waals surface area (Å²) in [6, 6.07) is 12.1. The number of thioether (sulfide) groups is 1. The third-order valence-corrected chi connectivity index (χ3v) is 4.84. The van der Waals surface area contributed by atoms with E-state index in [9.17, 15) is 18.8 Å². The van der Waals surface area contributed by atoms with E-state index in [0.717, 1.165) is 21.3 Å². The van der Waals surface area contributed by atoms with Gasteiger partial charge in [-0.05, 0) is 82.4 Å². The predicted octanol–water partition coefficient (Wildman–Crippen LogP) is 4.31. The van der Waals surface area contributed by atoms with E-state index in [1.807, 2.05) is 24.3 Å². The fraction of sp³-hybridized carbons (Fsp3) is 0. The van der Waals surface area contributed by atoms with Gasteiger partial charge in [0.1, 0.15) is 5.82 Å². The molecule has 1 aliphatic rings. The molecule has 1 saturated heterocycles. The summed E-state index contributed by atoms with van der Waals surface area (Å²) in [5, 5.41) is -0.661. The molecule has 3 rings (SSSR count). The topological polar surface area (TPSA) is 54.5 Å². The fourth-order valence-electron chi connectivity index (χ4n) is 2.07. The van der Waals surface area contributed by atoms with Crippen molar-refractivity contribution in [1.29, 1.82) is 0 Å². The van der Waals surface area contributed by atoms with Gasteiger partial charge in [-0.25, -0.2) is 9.29 Å². The number of nitrogens with zero attached hydrogens (tertiary/aromatic N) is 1. The summed E-state index contributed by atoms with van der Waals surface area (Å²) in [5.41, 5.74) is 0.837. The van der Waals surface area contributed by atoms with Crippen LogP contribution >= 0.6 is 34.4 Å². The summed E-state index contributed by atoms with van der Waals surface area (Å²) >= 11 is 2.87. The normalized spacial score (nSPS) is 16.1. The van der Waals surface area contributed by atoms with E-state index in [4.69, 9.17) is 0 Å². The van der Waals surface area contributed by atoms with Gasteiger partial charge < -0.3 is 0 Å². The van der Waals surface area contributed by atoms with Crippen molar-refractivity contribution in [3.63, 3.8) is 0 Å². The average Bonchev–Trinajstić information content (AvgIpc) is 2.83. The van der Waals surface area contributed by atoms with E-state index in [0.29, 0.717) is 16.7 Å². The summed E-state index contributed by atoms with van der Waals surface area (Å²) in [4.78, 5) is 37.5. The molecule has 2 aromatic carbocycles. The summed E-state index contributed by atoms with van der Waals surface area (Å²) in [6.07, 6.45) is 1.57. The Morgan fingerprint density at radius 3 is 2.29 bits per heavy atom. The molecule has 0 unspecified atom stereocenters. The monoisotopic (exact) mass is 453 g/mol. The maximum atomic E-state index is 12.9. The van der Waals surface area contributed by atoms with Crippen molar-refractivity contribution in [1.82, 2.24) is 4.90 Å². The van der Waals surface area contributed by atoms with E-state index in [-0.39, 0.29) is 10.5 Å². The predicted molar refractivity (Wildman–Crippen MR) is 97.7 cm³/mol. The average molecular weight is 453 g/mol. The molecule has 1 heterocycles. The smallest absolute Gasteiger partial charge is 0.268 e. The molecule has 0 bridgehead atoms. The molecule has 4 nitrogen and oxygen atoms in total. The van der Waals surface area contributed by atoms with Crippen LogP contribution in [0, 0.1) is 9.39 Å². The third kappa shape index (κ3) is 3.41. The Bertz CT molecular complexity index is 862. The molecule has 0 saturated carbocycles. The number of hydrogen-bond donors (Lipinski definition) is 0. The first-order valence-electron chi connectivity index (χ1n) is 6.79. The molecule has 0 spiro atoms. The van der Waals surface area contributed by atoms with Crippen LogP contribution in [0.2, 0.25) is 0 Å².